The first-order chi connectivity index (χ1) is 10.2. The summed E-state index contributed by atoms with van der Waals surface area (Å²) in [6, 6.07) is 4.79. The van der Waals surface area contributed by atoms with Crippen molar-refractivity contribution in [2.24, 2.45) is 5.92 Å². The van der Waals surface area contributed by atoms with Crippen LogP contribution in [0.3, 0.4) is 0 Å². The first-order valence-corrected chi connectivity index (χ1v) is 7.58. The van der Waals surface area contributed by atoms with Gasteiger partial charge in [-0.25, -0.2) is 4.68 Å². The zero-order chi connectivity index (χ0) is 14.8. The molecule has 6 heteroatoms. The molecule has 1 N–H and O–H groups in total. The Morgan fingerprint density at radius 3 is 2.86 bits per heavy atom. The molecule has 0 saturated heterocycles. The minimum absolute atomic E-state index is 0.204. The van der Waals surface area contributed by atoms with E-state index < -0.39 is 0 Å². The molecular formula is C15H22N6. The Hall–Kier alpha value is -1.82. The Morgan fingerprint density at radius 1 is 1.38 bits per heavy atom. The number of nitrogens with zero attached hydrogens (tertiary/aromatic N) is 5. The van der Waals surface area contributed by atoms with E-state index in [-0.39, 0.29) is 6.04 Å². The molecule has 1 saturated carbocycles. The monoisotopic (exact) mass is 286 g/mol. The molecule has 0 aliphatic heterocycles. The van der Waals surface area contributed by atoms with E-state index in [9.17, 15) is 0 Å². The van der Waals surface area contributed by atoms with Crippen molar-refractivity contribution in [1.82, 2.24) is 30.5 Å². The maximum Gasteiger partial charge on any atom is 0.165 e. The van der Waals surface area contributed by atoms with E-state index in [0.29, 0.717) is 18.5 Å². The van der Waals surface area contributed by atoms with Gasteiger partial charge in [-0.1, -0.05) is 19.9 Å². The maximum absolute atomic E-state index is 4.55. The summed E-state index contributed by atoms with van der Waals surface area (Å²) in [4.78, 5) is 4.55. The molecule has 2 aromatic heterocycles. The van der Waals surface area contributed by atoms with Gasteiger partial charge in [-0.2, -0.15) is 0 Å². The summed E-state index contributed by atoms with van der Waals surface area (Å²) in [5.41, 5.74) is 2.32. The van der Waals surface area contributed by atoms with Crippen LogP contribution in [0.4, 0.5) is 0 Å². The van der Waals surface area contributed by atoms with Crippen LogP contribution in [0.2, 0.25) is 0 Å². The van der Waals surface area contributed by atoms with Gasteiger partial charge in [-0.3, -0.25) is 4.98 Å². The van der Waals surface area contributed by atoms with Gasteiger partial charge < -0.3 is 5.32 Å². The molecule has 1 fully saturated rings. The molecule has 2 heterocycles. The lowest BCUT2D eigenvalue weighted by Crippen LogP contribution is -2.28. The Bertz CT molecular complexity index is 602. The molecule has 1 aliphatic rings. The lowest BCUT2D eigenvalue weighted by molar-refractivity contribution is 0.390. The normalized spacial score (nSPS) is 16.4. The zero-order valence-electron chi connectivity index (χ0n) is 12.8. The van der Waals surface area contributed by atoms with Crippen molar-refractivity contribution in [3.63, 3.8) is 0 Å². The highest BCUT2D eigenvalue weighted by Gasteiger charge is 2.28. The lowest BCUT2D eigenvalue weighted by atomic mass is 9.97. The summed E-state index contributed by atoms with van der Waals surface area (Å²) in [6.45, 7) is 7.18. The molecule has 1 unspecified atom stereocenters. The van der Waals surface area contributed by atoms with Gasteiger partial charge in [0, 0.05) is 6.20 Å². The van der Waals surface area contributed by atoms with Crippen molar-refractivity contribution in [1.29, 1.82) is 0 Å². The number of nitrogens with one attached hydrogen (secondary N) is 1. The van der Waals surface area contributed by atoms with Crippen LogP contribution in [0.1, 0.15) is 55.9 Å². The second kappa shape index (κ2) is 5.89. The number of tetrazole rings is 1. The van der Waals surface area contributed by atoms with Crippen molar-refractivity contribution < 1.29 is 0 Å². The quantitative estimate of drug-likeness (QED) is 0.881. The molecule has 6 nitrogen and oxygen atoms in total. The molecule has 21 heavy (non-hydrogen) atoms. The van der Waals surface area contributed by atoms with Gasteiger partial charge in [-0.05, 0) is 47.7 Å². The van der Waals surface area contributed by atoms with Gasteiger partial charge in [0.05, 0.1) is 24.3 Å². The number of aromatic nitrogens is 5. The van der Waals surface area contributed by atoms with E-state index in [2.05, 4.69) is 52.7 Å². The van der Waals surface area contributed by atoms with Gasteiger partial charge in [0.2, 0.25) is 0 Å². The summed E-state index contributed by atoms with van der Waals surface area (Å²) in [5.74, 6) is 1.36. The molecular weight excluding hydrogens is 264 g/mol. The predicted molar refractivity (Wildman–Crippen MR) is 79.5 cm³/mol. The topological polar surface area (TPSA) is 68.5 Å². The van der Waals surface area contributed by atoms with Crippen molar-refractivity contribution in [2.45, 2.75) is 52.2 Å². The highest BCUT2D eigenvalue weighted by Crippen LogP contribution is 2.34. The third kappa shape index (κ3) is 3.10. The summed E-state index contributed by atoms with van der Waals surface area (Å²) in [5, 5.41) is 15.6. The molecule has 1 atom stereocenters. The first kappa shape index (κ1) is 14.1. The van der Waals surface area contributed by atoms with Crippen molar-refractivity contribution >= 4 is 0 Å². The fourth-order valence-electron chi connectivity index (χ4n) is 2.60. The number of rotatable bonds is 6. The van der Waals surface area contributed by atoms with Crippen molar-refractivity contribution in [2.75, 3.05) is 0 Å². The average Bonchev–Trinajstić information content (AvgIpc) is 3.20. The van der Waals surface area contributed by atoms with Crippen LogP contribution in [-0.2, 0) is 6.54 Å². The van der Waals surface area contributed by atoms with Gasteiger partial charge in [-0.15, -0.1) is 5.10 Å². The Morgan fingerprint density at radius 2 is 2.19 bits per heavy atom. The Labute approximate surface area is 125 Å². The largest absolute Gasteiger partial charge is 0.301 e. The second-order valence-corrected chi connectivity index (χ2v) is 6.08. The molecule has 0 radical (unpaired) electrons. The molecule has 112 valence electrons. The van der Waals surface area contributed by atoms with Crippen LogP contribution >= 0.6 is 0 Å². The van der Waals surface area contributed by atoms with Gasteiger partial charge in [0.15, 0.2) is 5.82 Å². The average molecular weight is 286 g/mol. The Balaban J connectivity index is 1.74. The highest BCUT2D eigenvalue weighted by molar-refractivity contribution is 5.21. The van der Waals surface area contributed by atoms with E-state index >= 15 is 0 Å². The number of pyridine rings is 1. The minimum atomic E-state index is 0.204. The molecule has 0 amide bonds. The predicted octanol–water partition coefficient (Wildman–Crippen LogP) is 2.20. The minimum Gasteiger partial charge on any atom is -0.301 e. The van der Waals surface area contributed by atoms with Crippen LogP contribution in [0.25, 0.3) is 0 Å². The van der Waals surface area contributed by atoms with E-state index in [0.717, 1.165) is 11.5 Å². The fraction of sp³-hybridized carbons (Fsp3) is 0.600. The van der Waals surface area contributed by atoms with E-state index in [1.54, 1.807) is 0 Å². The summed E-state index contributed by atoms with van der Waals surface area (Å²) < 4.78 is 1.95. The Kier molecular flexibility index (Phi) is 3.96. The zero-order valence-corrected chi connectivity index (χ0v) is 12.8. The molecule has 0 spiro atoms. The van der Waals surface area contributed by atoms with E-state index in [4.69, 9.17) is 0 Å². The van der Waals surface area contributed by atoms with Crippen LogP contribution in [0, 0.1) is 12.8 Å². The smallest absolute Gasteiger partial charge is 0.165 e. The summed E-state index contributed by atoms with van der Waals surface area (Å²) in [6.07, 6.45) is 4.23. The van der Waals surface area contributed by atoms with Gasteiger partial charge >= 0.3 is 0 Å². The fourth-order valence-corrected chi connectivity index (χ4v) is 2.60. The van der Waals surface area contributed by atoms with Crippen LogP contribution in [-0.4, -0.2) is 25.2 Å². The number of hydrogen-bond donors (Lipinski definition) is 1. The third-order valence-corrected chi connectivity index (χ3v) is 3.94. The highest BCUT2D eigenvalue weighted by atomic mass is 15.6. The maximum atomic E-state index is 4.55. The number of hydrogen-bond acceptors (Lipinski definition) is 5. The first-order valence-electron chi connectivity index (χ1n) is 7.58. The van der Waals surface area contributed by atoms with E-state index in [1.165, 1.54) is 18.4 Å². The van der Waals surface area contributed by atoms with Crippen LogP contribution in [0.5, 0.6) is 0 Å². The molecule has 0 bridgehead atoms. The van der Waals surface area contributed by atoms with Crippen LogP contribution in [0.15, 0.2) is 18.3 Å². The second-order valence-electron chi connectivity index (χ2n) is 6.08. The van der Waals surface area contributed by atoms with E-state index in [1.807, 2.05) is 16.9 Å². The standard InChI is InChI=1S/C15H22N6/c1-10(2)14(15-11(3)5-4-8-16-15)17-9-13-18-19-20-21(13)12-6-7-12/h4-5,8,10,12,14,17H,6-7,9H2,1-3H3. The molecule has 1 aliphatic carbocycles. The summed E-state index contributed by atoms with van der Waals surface area (Å²) in [7, 11) is 0. The molecule has 0 aromatic carbocycles. The van der Waals surface area contributed by atoms with Gasteiger partial charge in [0.1, 0.15) is 0 Å². The van der Waals surface area contributed by atoms with Gasteiger partial charge in [0.25, 0.3) is 0 Å². The molecule has 3 rings (SSSR count). The SMILES string of the molecule is Cc1cccnc1C(NCc1nnnn1C1CC1)C(C)C. The number of aryl methyl sites for hydroxylation is 1. The summed E-state index contributed by atoms with van der Waals surface area (Å²) >= 11 is 0. The van der Waals surface area contributed by atoms with Crippen LogP contribution < -0.4 is 5.32 Å². The molecule has 2 aromatic rings. The van der Waals surface area contributed by atoms with Crippen molar-refractivity contribution in [3.05, 3.63) is 35.4 Å². The third-order valence-electron chi connectivity index (χ3n) is 3.94. The lowest BCUT2D eigenvalue weighted by Gasteiger charge is -2.23. The van der Waals surface area contributed by atoms with Crippen molar-refractivity contribution in [3.8, 4) is 0 Å².